The lowest BCUT2D eigenvalue weighted by Crippen LogP contribution is -2.21. The molecule has 0 bridgehead atoms. The molecule has 0 saturated carbocycles. The summed E-state index contributed by atoms with van der Waals surface area (Å²) in [6.07, 6.45) is 5.39. The van der Waals surface area contributed by atoms with E-state index in [2.05, 4.69) is 9.97 Å². The normalized spacial score (nSPS) is 17.3. The molecule has 1 aliphatic rings. The molecule has 1 fully saturated rings. The van der Waals surface area contributed by atoms with Gasteiger partial charge in [-0.25, -0.2) is 9.97 Å². The van der Waals surface area contributed by atoms with E-state index in [-0.39, 0.29) is 18.3 Å². The van der Waals surface area contributed by atoms with Crippen LogP contribution in [0.3, 0.4) is 0 Å². The third kappa shape index (κ3) is 3.05. The summed E-state index contributed by atoms with van der Waals surface area (Å²) in [5.74, 6) is 1.04. The highest BCUT2D eigenvalue weighted by molar-refractivity contribution is 5.86. The number of ether oxygens (including phenoxy) is 1. The minimum Gasteiger partial charge on any atom is -0.370 e. The Balaban J connectivity index is 1.64. The second-order valence-electron chi connectivity index (χ2n) is 6.46. The summed E-state index contributed by atoms with van der Waals surface area (Å²) in [7, 11) is 1.97. The SMILES string of the molecule is Cc1ncc(-c2ccc3cnc(CC(=O)[C@@H]4CCCO4)cc3n2)n1C. The Morgan fingerprint density at radius 1 is 1.32 bits per heavy atom. The Morgan fingerprint density at radius 2 is 2.20 bits per heavy atom. The number of Topliss-reactive ketones (excluding diaryl/α,β-unsaturated/α-hetero) is 1. The van der Waals surface area contributed by atoms with Gasteiger partial charge in [0.2, 0.25) is 0 Å². The third-order valence-corrected chi connectivity index (χ3v) is 4.76. The molecule has 128 valence electrons. The maximum atomic E-state index is 12.3. The molecular formula is C19H20N4O2. The van der Waals surface area contributed by atoms with Crippen LogP contribution in [0.5, 0.6) is 0 Å². The summed E-state index contributed by atoms with van der Waals surface area (Å²) in [4.78, 5) is 25.8. The molecule has 6 nitrogen and oxygen atoms in total. The van der Waals surface area contributed by atoms with Crippen molar-refractivity contribution in [3.8, 4) is 11.4 Å². The van der Waals surface area contributed by atoms with Crippen LogP contribution in [-0.2, 0) is 23.0 Å². The molecular weight excluding hydrogens is 316 g/mol. The molecule has 0 aromatic carbocycles. The molecule has 0 aliphatic carbocycles. The highest BCUT2D eigenvalue weighted by Crippen LogP contribution is 2.22. The van der Waals surface area contributed by atoms with Gasteiger partial charge in [-0.3, -0.25) is 9.78 Å². The summed E-state index contributed by atoms with van der Waals surface area (Å²) in [6.45, 7) is 2.64. The van der Waals surface area contributed by atoms with Gasteiger partial charge in [0.15, 0.2) is 5.78 Å². The molecule has 1 atom stereocenters. The molecule has 0 radical (unpaired) electrons. The number of aromatic nitrogens is 4. The molecule has 3 aromatic rings. The Bertz CT molecular complexity index is 942. The third-order valence-electron chi connectivity index (χ3n) is 4.76. The van der Waals surface area contributed by atoms with Crippen LogP contribution < -0.4 is 0 Å². The predicted octanol–water partition coefficient (Wildman–Crippen LogP) is 2.63. The van der Waals surface area contributed by atoms with Crippen LogP contribution in [-0.4, -0.2) is 38.0 Å². The molecule has 4 rings (SSSR count). The first-order chi connectivity index (χ1) is 12.1. The second-order valence-corrected chi connectivity index (χ2v) is 6.46. The smallest absolute Gasteiger partial charge is 0.167 e. The summed E-state index contributed by atoms with van der Waals surface area (Å²) in [6, 6.07) is 5.87. The molecule has 4 heterocycles. The van der Waals surface area contributed by atoms with E-state index in [9.17, 15) is 4.79 Å². The topological polar surface area (TPSA) is 69.9 Å². The van der Waals surface area contributed by atoms with Crippen molar-refractivity contribution < 1.29 is 9.53 Å². The Kier molecular flexibility index (Phi) is 4.05. The van der Waals surface area contributed by atoms with Crippen molar-refractivity contribution in [1.82, 2.24) is 19.5 Å². The van der Waals surface area contributed by atoms with Gasteiger partial charge in [0.05, 0.1) is 29.5 Å². The zero-order chi connectivity index (χ0) is 17.4. The fourth-order valence-corrected chi connectivity index (χ4v) is 3.16. The van der Waals surface area contributed by atoms with Crippen LogP contribution in [0.15, 0.2) is 30.6 Å². The minimum atomic E-state index is -0.269. The van der Waals surface area contributed by atoms with Crippen molar-refractivity contribution in [3.63, 3.8) is 0 Å². The highest BCUT2D eigenvalue weighted by atomic mass is 16.5. The quantitative estimate of drug-likeness (QED) is 0.732. The lowest BCUT2D eigenvalue weighted by Gasteiger charge is -2.09. The maximum Gasteiger partial charge on any atom is 0.167 e. The Hall–Kier alpha value is -2.60. The molecule has 3 aromatic heterocycles. The number of aryl methyl sites for hydroxylation is 1. The van der Waals surface area contributed by atoms with E-state index in [1.54, 1.807) is 6.20 Å². The van der Waals surface area contributed by atoms with Gasteiger partial charge in [0.1, 0.15) is 11.9 Å². The van der Waals surface area contributed by atoms with Gasteiger partial charge >= 0.3 is 0 Å². The first-order valence-corrected chi connectivity index (χ1v) is 8.50. The number of carbonyl (C=O) groups is 1. The van der Waals surface area contributed by atoms with Gasteiger partial charge in [-0.2, -0.15) is 0 Å². The first-order valence-electron chi connectivity index (χ1n) is 8.50. The number of imidazole rings is 1. The van der Waals surface area contributed by atoms with Gasteiger partial charge in [-0.05, 0) is 38.0 Å². The standard InChI is InChI=1S/C19H20N4O2/c1-12-20-11-17(23(12)2)15-6-5-13-10-21-14(8-16(13)22-15)9-18(24)19-4-3-7-25-19/h5-6,8,10-11,19H,3-4,7,9H2,1-2H3/t19-/m0/s1. The molecule has 0 N–H and O–H groups in total. The van der Waals surface area contributed by atoms with Crippen LogP contribution in [0.4, 0.5) is 0 Å². The first kappa shape index (κ1) is 15.9. The van der Waals surface area contributed by atoms with Crippen molar-refractivity contribution in [2.75, 3.05) is 6.61 Å². The number of fused-ring (bicyclic) bond motifs is 1. The molecule has 1 saturated heterocycles. The largest absolute Gasteiger partial charge is 0.370 e. The van der Waals surface area contributed by atoms with E-state index in [0.29, 0.717) is 6.61 Å². The van der Waals surface area contributed by atoms with Crippen LogP contribution in [0.25, 0.3) is 22.3 Å². The Morgan fingerprint density at radius 3 is 2.92 bits per heavy atom. The average Bonchev–Trinajstić information content (AvgIpc) is 3.26. The average molecular weight is 336 g/mol. The maximum absolute atomic E-state index is 12.3. The Labute approximate surface area is 145 Å². The fourth-order valence-electron chi connectivity index (χ4n) is 3.16. The lowest BCUT2D eigenvalue weighted by molar-refractivity contribution is -0.127. The van der Waals surface area contributed by atoms with Gasteiger partial charge in [0, 0.05) is 30.9 Å². The number of rotatable bonds is 4. The van der Waals surface area contributed by atoms with E-state index in [0.717, 1.165) is 46.7 Å². The van der Waals surface area contributed by atoms with Crippen LogP contribution >= 0.6 is 0 Å². The lowest BCUT2D eigenvalue weighted by atomic mass is 10.1. The van der Waals surface area contributed by atoms with Crippen molar-refractivity contribution in [2.45, 2.75) is 32.3 Å². The van der Waals surface area contributed by atoms with E-state index in [4.69, 9.17) is 9.72 Å². The summed E-state index contributed by atoms with van der Waals surface area (Å²) in [5, 5.41) is 0.955. The summed E-state index contributed by atoms with van der Waals surface area (Å²) >= 11 is 0. The predicted molar refractivity (Wildman–Crippen MR) is 94.2 cm³/mol. The molecule has 25 heavy (non-hydrogen) atoms. The van der Waals surface area contributed by atoms with Crippen molar-refractivity contribution in [2.24, 2.45) is 7.05 Å². The van der Waals surface area contributed by atoms with Crippen LogP contribution in [0, 0.1) is 6.92 Å². The monoisotopic (exact) mass is 336 g/mol. The summed E-state index contributed by atoms with van der Waals surface area (Å²) in [5.41, 5.74) is 3.40. The van der Waals surface area contributed by atoms with E-state index >= 15 is 0 Å². The zero-order valence-corrected chi connectivity index (χ0v) is 14.4. The number of hydrogen-bond donors (Lipinski definition) is 0. The second kappa shape index (κ2) is 6.37. The van der Waals surface area contributed by atoms with E-state index < -0.39 is 0 Å². The van der Waals surface area contributed by atoms with Crippen molar-refractivity contribution >= 4 is 16.7 Å². The minimum absolute atomic E-state index is 0.0998. The number of carbonyl (C=O) groups excluding carboxylic acids is 1. The van der Waals surface area contributed by atoms with Crippen LogP contribution in [0.2, 0.25) is 0 Å². The van der Waals surface area contributed by atoms with Crippen molar-refractivity contribution in [3.05, 3.63) is 42.1 Å². The van der Waals surface area contributed by atoms with Gasteiger partial charge in [-0.1, -0.05) is 0 Å². The van der Waals surface area contributed by atoms with E-state index in [1.807, 2.05) is 42.9 Å². The molecule has 1 aliphatic heterocycles. The molecule has 0 unspecified atom stereocenters. The van der Waals surface area contributed by atoms with Crippen LogP contribution in [0.1, 0.15) is 24.4 Å². The molecule has 0 spiro atoms. The number of nitrogens with zero attached hydrogens (tertiary/aromatic N) is 4. The highest BCUT2D eigenvalue weighted by Gasteiger charge is 2.23. The molecule has 0 amide bonds. The zero-order valence-electron chi connectivity index (χ0n) is 14.4. The van der Waals surface area contributed by atoms with Gasteiger partial charge in [-0.15, -0.1) is 0 Å². The fraction of sp³-hybridized carbons (Fsp3) is 0.368. The van der Waals surface area contributed by atoms with Crippen molar-refractivity contribution in [1.29, 1.82) is 0 Å². The summed E-state index contributed by atoms with van der Waals surface area (Å²) < 4.78 is 7.48. The number of pyridine rings is 2. The number of ketones is 1. The van der Waals surface area contributed by atoms with E-state index in [1.165, 1.54) is 0 Å². The van der Waals surface area contributed by atoms with Gasteiger partial charge < -0.3 is 9.30 Å². The van der Waals surface area contributed by atoms with Gasteiger partial charge in [0.25, 0.3) is 0 Å². The molecule has 6 heteroatoms. The number of hydrogen-bond acceptors (Lipinski definition) is 5.